The summed E-state index contributed by atoms with van der Waals surface area (Å²) in [5.41, 5.74) is 1.57. The van der Waals surface area contributed by atoms with Gasteiger partial charge in [-0.05, 0) is 38.5 Å². The van der Waals surface area contributed by atoms with Gasteiger partial charge < -0.3 is 27.9 Å². The lowest BCUT2D eigenvalue weighted by atomic mass is 9.91. The highest BCUT2D eigenvalue weighted by atomic mass is 31.2. The number of likely N-dealkylation sites (N-methyl/N-ethyl adjacent to an activating group) is 1. The van der Waals surface area contributed by atoms with Gasteiger partial charge in [0.15, 0.2) is 0 Å². The van der Waals surface area contributed by atoms with E-state index >= 15 is 0 Å². The van der Waals surface area contributed by atoms with E-state index in [1.165, 1.54) is 89.9 Å². The highest BCUT2D eigenvalue weighted by molar-refractivity contribution is 7.45. The summed E-state index contributed by atoms with van der Waals surface area (Å²) in [6.07, 6.45) is 26.3. The number of hydrogen-bond acceptors (Lipinski definition) is 6. The average molecular weight is 574 g/mol. The molecular formula is C31H60NO6P. The third kappa shape index (κ3) is 18.0. The number of nitrogens with zero attached hydrogens (tertiary/aromatic N) is 1. The second kappa shape index (κ2) is 21.4. The minimum atomic E-state index is -4.28. The lowest BCUT2D eigenvalue weighted by Crippen LogP contribution is -2.53. The van der Waals surface area contributed by atoms with Crippen LogP contribution in [-0.4, -0.2) is 70.3 Å². The number of quaternary nitrogens is 1. The zero-order valence-corrected chi connectivity index (χ0v) is 26.3. The van der Waals surface area contributed by atoms with Gasteiger partial charge >= 0.3 is 0 Å². The maximum absolute atomic E-state index is 12.0. The summed E-state index contributed by atoms with van der Waals surface area (Å²) >= 11 is 0. The van der Waals surface area contributed by atoms with Crippen molar-refractivity contribution in [3.8, 4) is 0 Å². The van der Waals surface area contributed by atoms with Crippen LogP contribution in [-0.2, 0) is 23.1 Å². The van der Waals surface area contributed by atoms with E-state index in [4.69, 9.17) is 18.5 Å². The number of morpholine rings is 1. The quantitative estimate of drug-likeness (QED) is 0.0551. The molecule has 0 bridgehead atoms. The Morgan fingerprint density at radius 3 is 1.97 bits per heavy atom. The zero-order chi connectivity index (χ0) is 28.1. The summed E-state index contributed by atoms with van der Waals surface area (Å²) in [4.78, 5) is 12.0. The minimum absolute atomic E-state index is 0.0129. The Hall–Kier alpha value is -0.270. The molecule has 0 amide bonds. The molecule has 2 rings (SSSR count). The molecule has 1 unspecified atom stereocenters. The van der Waals surface area contributed by atoms with Crippen LogP contribution in [0.25, 0.3) is 0 Å². The molecule has 0 aromatic heterocycles. The second-order valence-corrected chi connectivity index (χ2v) is 13.4. The fourth-order valence-electron chi connectivity index (χ4n) is 5.58. The topological polar surface area (TPSA) is 77.1 Å². The number of ether oxygens (including phenoxy) is 2. The van der Waals surface area contributed by atoms with E-state index in [1.807, 2.05) is 0 Å². The molecule has 0 N–H and O–H groups in total. The predicted molar refractivity (Wildman–Crippen MR) is 158 cm³/mol. The minimum Gasteiger partial charge on any atom is -0.756 e. The third-order valence-corrected chi connectivity index (χ3v) is 9.43. The number of unbranched alkanes of at least 4 members (excludes halogenated alkanes) is 13. The molecule has 1 aliphatic carbocycles. The van der Waals surface area contributed by atoms with Crippen LogP contribution in [0.15, 0.2) is 11.6 Å². The first-order valence-corrected chi connectivity index (χ1v) is 17.7. The summed E-state index contributed by atoms with van der Waals surface area (Å²) in [5.74, 6) is 0. The molecule has 0 spiro atoms. The second-order valence-electron chi connectivity index (χ2n) is 12.0. The molecule has 39 heavy (non-hydrogen) atoms. The van der Waals surface area contributed by atoms with E-state index < -0.39 is 7.82 Å². The smallest absolute Gasteiger partial charge is 0.268 e. The first-order chi connectivity index (χ1) is 18.9. The van der Waals surface area contributed by atoms with Gasteiger partial charge in [0.25, 0.3) is 7.82 Å². The summed E-state index contributed by atoms with van der Waals surface area (Å²) in [7, 11) is -2.19. The van der Waals surface area contributed by atoms with Gasteiger partial charge in [-0.2, -0.15) is 0 Å². The van der Waals surface area contributed by atoms with Crippen LogP contribution in [0.4, 0.5) is 0 Å². The Labute approximate surface area is 240 Å². The SMILES string of the molecule is CCCCCCCCCCCCCCCC=C1CCC(OCCOP(=O)([O-])OCC[N+]2(C)CCOCC2)CC1. The monoisotopic (exact) mass is 573 g/mol. The average Bonchev–Trinajstić information content (AvgIpc) is 2.92. The van der Waals surface area contributed by atoms with Crippen LogP contribution in [0, 0.1) is 0 Å². The maximum Gasteiger partial charge on any atom is 0.268 e. The van der Waals surface area contributed by atoms with Crippen LogP contribution >= 0.6 is 7.82 Å². The predicted octanol–water partition coefficient (Wildman–Crippen LogP) is 7.33. The van der Waals surface area contributed by atoms with Gasteiger partial charge in [0.05, 0.1) is 39.6 Å². The van der Waals surface area contributed by atoms with Crippen molar-refractivity contribution in [2.75, 3.05) is 59.7 Å². The van der Waals surface area contributed by atoms with Gasteiger partial charge in [0.1, 0.15) is 26.2 Å². The third-order valence-electron chi connectivity index (χ3n) is 8.43. The van der Waals surface area contributed by atoms with Gasteiger partial charge in [-0.15, -0.1) is 0 Å². The van der Waals surface area contributed by atoms with Crippen molar-refractivity contribution in [3.63, 3.8) is 0 Å². The Balaban J connectivity index is 1.38. The van der Waals surface area contributed by atoms with Crippen LogP contribution in [0.5, 0.6) is 0 Å². The van der Waals surface area contributed by atoms with E-state index in [-0.39, 0.29) is 25.9 Å². The van der Waals surface area contributed by atoms with Crippen molar-refractivity contribution >= 4 is 7.82 Å². The standard InChI is InChI=1S/C31H60NO6P/c1-3-4-5-6-7-8-9-10-11-12-13-14-15-16-17-30-18-20-31(21-19-30)36-28-29-38-39(33,34)37-27-24-32(2)22-25-35-26-23-32/h17,31H,3-16,18-29H2,1-2H3. The molecule has 8 heteroatoms. The van der Waals surface area contributed by atoms with Crippen LogP contribution in [0.2, 0.25) is 0 Å². The van der Waals surface area contributed by atoms with Crippen molar-refractivity contribution < 1.29 is 32.5 Å². The fourth-order valence-corrected chi connectivity index (χ4v) is 6.26. The van der Waals surface area contributed by atoms with E-state index in [0.717, 1.165) is 43.3 Å². The summed E-state index contributed by atoms with van der Waals surface area (Å²) < 4.78 is 34.1. The number of phosphoric ester groups is 1. The molecule has 230 valence electrons. The van der Waals surface area contributed by atoms with Crippen LogP contribution in [0.1, 0.15) is 122 Å². The highest BCUT2D eigenvalue weighted by Crippen LogP contribution is 2.38. The van der Waals surface area contributed by atoms with Crippen LogP contribution in [0.3, 0.4) is 0 Å². The van der Waals surface area contributed by atoms with Crippen molar-refractivity contribution in [2.24, 2.45) is 0 Å². The Bertz CT molecular complexity index is 672. The summed E-state index contributed by atoms with van der Waals surface area (Å²) in [6, 6.07) is 0. The van der Waals surface area contributed by atoms with E-state index in [1.54, 1.807) is 5.57 Å². The van der Waals surface area contributed by atoms with E-state index in [0.29, 0.717) is 19.8 Å². The molecule has 1 saturated heterocycles. The largest absolute Gasteiger partial charge is 0.756 e. The lowest BCUT2D eigenvalue weighted by molar-refractivity contribution is -0.916. The Morgan fingerprint density at radius 2 is 1.38 bits per heavy atom. The number of allylic oxidation sites excluding steroid dienone is 2. The molecule has 0 radical (unpaired) electrons. The van der Waals surface area contributed by atoms with Crippen molar-refractivity contribution in [2.45, 2.75) is 129 Å². The van der Waals surface area contributed by atoms with Crippen molar-refractivity contribution in [1.29, 1.82) is 0 Å². The molecule has 1 aliphatic heterocycles. The van der Waals surface area contributed by atoms with E-state index in [9.17, 15) is 9.46 Å². The first-order valence-electron chi connectivity index (χ1n) is 16.2. The lowest BCUT2D eigenvalue weighted by Gasteiger charge is -2.37. The van der Waals surface area contributed by atoms with E-state index in [2.05, 4.69) is 20.0 Å². The van der Waals surface area contributed by atoms with Crippen molar-refractivity contribution in [1.82, 2.24) is 0 Å². The summed E-state index contributed by atoms with van der Waals surface area (Å²) in [6.45, 7) is 6.50. The first kappa shape index (κ1) is 34.9. The number of rotatable bonds is 23. The molecule has 1 atom stereocenters. The highest BCUT2D eigenvalue weighted by Gasteiger charge is 2.25. The molecule has 1 saturated carbocycles. The molecule has 1 heterocycles. The zero-order valence-electron chi connectivity index (χ0n) is 25.4. The number of hydrogen-bond donors (Lipinski definition) is 0. The Morgan fingerprint density at radius 1 is 0.846 bits per heavy atom. The molecule has 0 aromatic rings. The molecule has 2 fully saturated rings. The normalized spacial score (nSPS) is 21.1. The van der Waals surface area contributed by atoms with Gasteiger partial charge in [0.2, 0.25) is 0 Å². The maximum atomic E-state index is 12.0. The van der Waals surface area contributed by atoms with Gasteiger partial charge in [-0.1, -0.05) is 95.6 Å². The van der Waals surface area contributed by atoms with Crippen molar-refractivity contribution in [3.05, 3.63) is 11.6 Å². The van der Waals surface area contributed by atoms with Gasteiger partial charge in [-0.3, -0.25) is 4.57 Å². The van der Waals surface area contributed by atoms with Gasteiger partial charge in [0, 0.05) is 0 Å². The Kier molecular flexibility index (Phi) is 19.2. The molecule has 0 aromatic carbocycles. The van der Waals surface area contributed by atoms with Crippen LogP contribution < -0.4 is 4.89 Å². The summed E-state index contributed by atoms with van der Waals surface area (Å²) in [5, 5.41) is 0. The fraction of sp³-hybridized carbons (Fsp3) is 0.935. The molecule has 7 nitrogen and oxygen atoms in total. The van der Waals surface area contributed by atoms with Gasteiger partial charge in [-0.25, -0.2) is 0 Å². The molecular weight excluding hydrogens is 513 g/mol. The number of phosphoric acid groups is 1. The molecule has 2 aliphatic rings.